The van der Waals surface area contributed by atoms with Gasteiger partial charge in [-0.15, -0.1) is 0 Å². The van der Waals surface area contributed by atoms with Crippen molar-refractivity contribution in [3.63, 3.8) is 0 Å². The highest BCUT2D eigenvalue weighted by atomic mass is 16.2. The molecular formula is C16H13N3O2. The molecule has 5 heteroatoms. The Morgan fingerprint density at radius 3 is 2.38 bits per heavy atom. The van der Waals surface area contributed by atoms with Gasteiger partial charge in [0.1, 0.15) is 0 Å². The normalized spacial score (nSPS) is 9.67. The summed E-state index contributed by atoms with van der Waals surface area (Å²) in [7, 11) is 0. The fraction of sp³-hybridized carbons (Fsp3) is 0.0625. The third-order valence-corrected chi connectivity index (χ3v) is 2.98. The number of benzene rings is 2. The molecule has 0 aliphatic rings. The molecule has 0 unspecified atom stereocenters. The summed E-state index contributed by atoms with van der Waals surface area (Å²) in [4.78, 5) is 23.0. The first-order valence-electron chi connectivity index (χ1n) is 6.28. The SMILES string of the molecule is N#Cc1ccccc1C(=O)NCc1ccc(C(N)=O)cc1. The fourth-order valence-electron chi connectivity index (χ4n) is 1.84. The number of rotatable bonds is 4. The lowest BCUT2D eigenvalue weighted by atomic mass is 10.1. The average Bonchev–Trinajstić information content (AvgIpc) is 2.52. The third-order valence-electron chi connectivity index (χ3n) is 2.98. The predicted octanol–water partition coefficient (Wildman–Crippen LogP) is 1.59. The molecule has 21 heavy (non-hydrogen) atoms. The van der Waals surface area contributed by atoms with Crippen LogP contribution in [0, 0.1) is 11.3 Å². The van der Waals surface area contributed by atoms with Crippen LogP contribution in [0.25, 0.3) is 0 Å². The Labute approximate surface area is 122 Å². The molecule has 0 bridgehead atoms. The van der Waals surface area contributed by atoms with Crippen LogP contribution in [0.2, 0.25) is 0 Å². The summed E-state index contributed by atoms with van der Waals surface area (Å²) in [6, 6.07) is 15.2. The summed E-state index contributed by atoms with van der Waals surface area (Å²) in [6.07, 6.45) is 0. The lowest BCUT2D eigenvalue weighted by molar-refractivity contribution is 0.0949. The van der Waals surface area contributed by atoms with Crippen LogP contribution in [0.15, 0.2) is 48.5 Å². The number of hydrogen-bond donors (Lipinski definition) is 2. The highest BCUT2D eigenvalue weighted by Gasteiger charge is 2.10. The molecule has 3 N–H and O–H groups in total. The topological polar surface area (TPSA) is 96.0 Å². The molecule has 0 aromatic heterocycles. The minimum absolute atomic E-state index is 0.303. The summed E-state index contributed by atoms with van der Waals surface area (Å²) in [5.41, 5.74) is 7.08. The highest BCUT2D eigenvalue weighted by molar-refractivity contribution is 5.96. The minimum Gasteiger partial charge on any atom is -0.366 e. The van der Waals surface area contributed by atoms with Gasteiger partial charge in [-0.2, -0.15) is 5.26 Å². The molecule has 0 spiro atoms. The van der Waals surface area contributed by atoms with Crippen molar-refractivity contribution in [2.75, 3.05) is 0 Å². The molecule has 0 heterocycles. The van der Waals surface area contributed by atoms with Gasteiger partial charge in [0.25, 0.3) is 5.91 Å². The summed E-state index contributed by atoms with van der Waals surface area (Å²) in [6.45, 7) is 0.303. The lowest BCUT2D eigenvalue weighted by Crippen LogP contribution is -2.23. The van der Waals surface area contributed by atoms with Gasteiger partial charge in [0.15, 0.2) is 0 Å². The van der Waals surface area contributed by atoms with Crippen molar-refractivity contribution in [2.24, 2.45) is 5.73 Å². The second-order valence-corrected chi connectivity index (χ2v) is 4.40. The first-order chi connectivity index (χ1) is 10.1. The number of hydrogen-bond acceptors (Lipinski definition) is 3. The molecule has 104 valence electrons. The molecule has 0 saturated heterocycles. The van der Waals surface area contributed by atoms with Crippen LogP contribution in [0.3, 0.4) is 0 Å². The summed E-state index contributed by atoms with van der Waals surface area (Å²) in [5, 5.41) is 11.7. The van der Waals surface area contributed by atoms with E-state index in [0.29, 0.717) is 23.2 Å². The maximum Gasteiger partial charge on any atom is 0.252 e. The molecule has 0 atom stereocenters. The third kappa shape index (κ3) is 3.45. The Hall–Kier alpha value is -3.13. The maximum absolute atomic E-state index is 12.0. The Morgan fingerprint density at radius 1 is 1.10 bits per heavy atom. The zero-order valence-corrected chi connectivity index (χ0v) is 11.2. The molecule has 0 aliphatic carbocycles. The van der Waals surface area contributed by atoms with E-state index in [9.17, 15) is 9.59 Å². The quantitative estimate of drug-likeness (QED) is 0.889. The molecule has 5 nitrogen and oxygen atoms in total. The van der Waals surface area contributed by atoms with Gasteiger partial charge in [-0.1, -0.05) is 24.3 Å². The van der Waals surface area contributed by atoms with Crippen molar-refractivity contribution >= 4 is 11.8 Å². The van der Waals surface area contributed by atoms with Gasteiger partial charge >= 0.3 is 0 Å². The van der Waals surface area contributed by atoms with Crippen LogP contribution in [-0.4, -0.2) is 11.8 Å². The van der Waals surface area contributed by atoms with Crippen LogP contribution in [0.5, 0.6) is 0 Å². The Balaban J connectivity index is 2.04. The maximum atomic E-state index is 12.0. The molecule has 0 fully saturated rings. The number of carbonyl (C=O) groups excluding carboxylic acids is 2. The van der Waals surface area contributed by atoms with E-state index in [0.717, 1.165) is 5.56 Å². The van der Waals surface area contributed by atoms with Crippen molar-refractivity contribution in [1.82, 2.24) is 5.32 Å². The second kappa shape index (κ2) is 6.35. The lowest BCUT2D eigenvalue weighted by Gasteiger charge is -2.07. The first kappa shape index (κ1) is 14.3. The second-order valence-electron chi connectivity index (χ2n) is 4.40. The number of nitrogens with one attached hydrogen (secondary N) is 1. The van der Waals surface area contributed by atoms with Crippen LogP contribution < -0.4 is 11.1 Å². The summed E-state index contributed by atoms with van der Waals surface area (Å²) < 4.78 is 0. The van der Waals surface area contributed by atoms with Crippen LogP contribution in [0.4, 0.5) is 0 Å². The van der Waals surface area contributed by atoms with Gasteiger partial charge in [-0.25, -0.2) is 0 Å². The van der Waals surface area contributed by atoms with Gasteiger partial charge in [-0.05, 0) is 29.8 Å². The van der Waals surface area contributed by atoms with E-state index in [-0.39, 0.29) is 5.91 Å². The van der Waals surface area contributed by atoms with Gasteiger partial charge in [-0.3, -0.25) is 9.59 Å². The Kier molecular flexibility index (Phi) is 4.32. The summed E-state index contributed by atoms with van der Waals surface area (Å²) >= 11 is 0. The minimum atomic E-state index is -0.492. The largest absolute Gasteiger partial charge is 0.366 e. The van der Waals surface area contributed by atoms with E-state index < -0.39 is 5.91 Å². The zero-order valence-electron chi connectivity index (χ0n) is 11.2. The first-order valence-corrected chi connectivity index (χ1v) is 6.28. The Morgan fingerprint density at radius 2 is 1.76 bits per heavy atom. The van der Waals surface area contributed by atoms with Gasteiger partial charge in [0.05, 0.1) is 17.2 Å². The Bertz CT molecular complexity index is 715. The monoisotopic (exact) mass is 279 g/mol. The smallest absolute Gasteiger partial charge is 0.252 e. The molecule has 2 amide bonds. The van der Waals surface area contributed by atoms with E-state index >= 15 is 0 Å². The number of primary amides is 1. The standard InChI is InChI=1S/C16H13N3O2/c17-9-13-3-1-2-4-14(13)16(21)19-10-11-5-7-12(8-6-11)15(18)20/h1-8H,10H2,(H2,18,20)(H,19,21). The molecule has 0 saturated carbocycles. The predicted molar refractivity (Wildman–Crippen MR) is 77.3 cm³/mol. The van der Waals surface area contributed by atoms with Gasteiger partial charge < -0.3 is 11.1 Å². The van der Waals surface area contributed by atoms with Crippen molar-refractivity contribution in [1.29, 1.82) is 5.26 Å². The van der Waals surface area contributed by atoms with Gasteiger partial charge in [0.2, 0.25) is 5.91 Å². The highest BCUT2D eigenvalue weighted by Crippen LogP contribution is 2.08. The van der Waals surface area contributed by atoms with Crippen LogP contribution in [0.1, 0.15) is 31.8 Å². The molecule has 0 aliphatic heterocycles. The zero-order chi connectivity index (χ0) is 15.2. The van der Waals surface area contributed by atoms with Crippen molar-refractivity contribution in [2.45, 2.75) is 6.54 Å². The molecule has 2 aromatic carbocycles. The van der Waals surface area contributed by atoms with E-state index in [1.807, 2.05) is 6.07 Å². The van der Waals surface area contributed by atoms with E-state index in [1.165, 1.54) is 0 Å². The fourth-order valence-corrected chi connectivity index (χ4v) is 1.84. The number of nitriles is 1. The molecule has 2 rings (SSSR count). The summed E-state index contributed by atoms with van der Waals surface area (Å²) in [5.74, 6) is -0.806. The number of amides is 2. The van der Waals surface area contributed by atoms with Gasteiger partial charge in [0, 0.05) is 12.1 Å². The molecule has 2 aromatic rings. The van der Waals surface area contributed by atoms with Crippen molar-refractivity contribution in [3.8, 4) is 6.07 Å². The van der Waals surface area contributed by atoms with E-state index in [4.69, 9.17) is 11.0 Å². The van der Waals surface area contributed by atoms with E-state index in [2.05, 4.69) is 5.32 Å². The van der Waals surface area contributed by atoms with Crippen LogP contribution >= 0.6 is 0 Å². The number of nitrogens with zero attached hydrogens (tertiary/aromatic N) is 1. The number of nitrogens with two attached hydrogens (primary N) is 1. The van der Waals surface area contributed by atoms with Crippen molar-refractivity contribution in [3.05, 3.63) is 70.8 Å². The number of carbonyl (C=O) groups is 2. The molecule has 0 radical (unpaired) electrons. The van der Waals surface area contributed by atoms with Crippen molar-refractivity contribution < 1.29 is 9.59 Å². The van der Waals surface area contributed by atoms with Crippen LogP contribution in [-0.2, 0) is 6.54 Å². The van der Waals surface area contributed by atoms with E-state index in [1.54, 1.807) is 48.5 Å². The molecular weight excluding hydrogens is 266 g/mol. The average molecular weight is 279 g/mol.